The number of fused-ring (bicyclic) bond motifs is 1. The largest absolute Gasteiger partial charge is 0.360 e. The smallest absolute Gasteiger partial charge is 0.273 e. The molecule has 0 unspecified atom stereocenters. The predicted octanol–water partition coefficient (Wildman–Crippen LogP) is 2.45. The Morgan fingerprint density at radius 2 is 1.90 bits per heavy atom. The van der Waals surface area contributed by atoms with Crippen molar-refractivity contribution in [3.8, 4) is 0 Å². The van der Waals surface area contributed by atoms with E-state index in [-0.39, 0.29) is 11.9 Å². The number of hydrogen-bond acceptors (Lipinski definition) is 3. The Bertz CT molecular complexity index is 633. The molecule has 1 amide bonds. The van der Waals surface area contributed by atoms with E-state index >= 15 is 0 Å². The first-order valence-electron chi connectivity index (χ1n) is 7.14. The Labute approximate surface area is 117 Å². The SMILES string of the molecule is O=C(NC1Cc2ccccc2C1)c1cc(C2CC2)on1. The molecule has 0 radical (unpaired) electrons. The summed E-state index contributed by atoms with van der Waals surface area (Å²) in [4.78, 5) is 12.2. The van der Waals surface area contributed by atoms with Gasteiger partial charge in [-0.05, 0) is 36.8 Å². The monoisotopic (exact) mass is 268 g/mol. The highest BCUT2D eigenvalue weighted by atomic mass is 16.5. The highest BCUT2D eigenvalue weighted by molar-refractivity contribution is 5.92. The molecule has 4 nitrogen and oxygen atoms in total. The average Bonchev–Trinajstić information content (AvgIpc) is 3.03. The summed E-state index contributed by atoms with van der Waals surface area (Å²) < 4.78 is 5.23. The molecule has 0 saturated heterocycles. The summed E-state index contributed by atoms with van der Waals surface area (Å²) in [6, 6.07) is 10.3. The van der Waals surface area contributed by atoms with Crippen LogP contribution in [-0.2, 0) is 12.8 Å². The molecule has 20 heavy (non-hydrogen) atoms. The summed E-state index contributed by atoms with van der Waals surface area (Å²) in [6.45, 7) is 0. The summed E-state index contributed by atoms with van der Waals surface area (Å²) in [6.07, 6.45) is 4.09. The van der Waals surface area contributed by atoms with Crippen molar-refractivity contribution in [1.29, 1.82) is 0 Å². The number of carbonyl (C=O) groups is 1. The van der Waals surface area contributed by atoms with Crippen LogP contribution in [0, 0.1) is 0 Å². The molecule has 102 valence electrons. The van der Waals surface area contributed by atoms with E-state index in [2.05, 4.69) is 22.6 Å². The second kappa shape index (κ2) is 4.47. The molecule has 1 N–H and O–H groups in total. The summed E-state index contributed by atoms with van der Waals surface area (Å²) in [7, 11) is 0. The van der Waals surface area contributed by atoms with Crippen molar-refractivity contribution in [1.82, 2.24) is 10.5 Å². The number of rotatable bonds is 3. The fourth-order valence-electron chi connectivity index (χ4n) is 2.88. The predicted molar refractivity (Wildman–Crippen MR) is 73.6 cm³/mol. The van der Waals surface area contributed by atoms with Gasteiger partial charge in [-0.15, -0.1) is 0 Å². The van der Waals surface area contributed by atoms with Gasteiger partial charge in [-0.2, -0.15) is 0 Å². The summed E-state index contributed by atoms with van der Waals surface area (Å²) in [5, 5.41) is 6.93. The lowest BCUT2D eigenvalue weighted by molar-refractivity contribution is 0.0929. The van der Waals surface area contributed by atoms with Crippen molar-refractivity contribution in [2.45, 2.75) is 37.6 Å². The van der Waals surface area contributed by atoms with E-state index in [0.717, 1.165) is 31.4 Å². The van der Waals surface area contributed by atoms with Crippen molar-refractivity contribution >= 4 is 5.91 Å². The van der Waals surface area contributed by atoms with Crippen molar-refractivity contribution < 1.29 is 9.32 Å². The molecule has 0 spiro atoms. The lowest BCUT2D eigenvalue weighted by Gasteiger charge is -2.09. The van der Waals surface area contributed by atoms with Gasteiger partial charge < -0.3 is 9.84 Å². The van der Waals surface area contributed by atoms with Gasteiger partial charge >= 0.3 is 0 Å². The van der Waals surface area contributed by atoms with Crippen molar-refractivity contribution in [3.05, 3.63) is 52.9 Å². The first-order valence-corrected chi connectivity index (χ1v) is 7.14. The number of nitrogens with one attached hydrogen (secondary N) is 1. The Hall–Kier alpha value is -2.10. The first-order chi connectivity index (χ1) is 9.79. The van der Waals surface area contributed by atoms with Crippen molar-refractivity contribution in [2.75, 3.05) is 0 Å². The molecule has 2 aliphatic carbocycles. The van der Waals surface area contributed by atoms with Gasteiger partial charge in [0, 0.05) is 18.0 Å². The highest BCUT2D eigenvalue weighted by Gasteiger charge is 2.29. The van der Waals surface area contributed by atoms with Crippen LogP contribution in [0.3, 0.4) is 0 Å². The highest BCUT2D eigenvalue weighted by Crippen LogP contribution is 2.40. The van der Waals surface area contributed by atoms with Crippen LogP contribution in [-0.4, -0.2) is 17.1 Å². The molecule has 4 rings (SSSR count). The van der Waals surface area contributed by atoms with Gasteiger partial charge in [0.2, 0.25) is 0 Å². The van der Waals surface area contributed by atoms with Gasteiger partial charge in [0.25, 0.3) is 5.91 Å². The molecule has 2 aliphatic rings. The molecular weight excluding hydrogens is 252 g/mol. The van der Waals surface area contributed by atoms with Crippen LogP contribution in [0.5, 0.6) is 0 Å². The zero-order valence-corrected chi connectivity index (χ0v) is 11.1. The molecule has 0 atom stereocenters. The van der Waals surface area contributed by atoms with E-state index in [0.29, 0.717) is 11.6 Å². The van der Waals surface area contributed by atoms with Gasteiger partial charge in [-0.25, -0.2) is 0 Å². The second-order valence-corrected chi connectivity index (χ2v) is 5.74. The number of nitrogens with zero attached hydrogens (tertiary/aromatic N) is 1. The van der Waals surface area contributed by atoms with Crippen LogP contribution in [0.15, 0.2) is 34.9 Å². The van der Waals surface area contributed by atoms with Gasteiger partial charge in [0.15, 0.2) is 5.69 Å². The molecule has 0 bridgehead atoms. The van der Waals surface area contributed by atoms with E-state index in [9.17, 15) is 4.79 Å². The van der Waals surface area contributed by atoms with E-state index in [1.54, 1.807) is 6.07 Å². The van der Waals surface area contributed by atoms with Gasteiger partial charge in [0.05, 0.1) is 0 Å². The minimum atomic E-state index is -0.126. The van der Waals surface area contributed by atoms with Gasteiger partial charge in [-0.1, -0.05) is 29.4 Å². The van der Waals surface area contributed by atoms with Crippen LogP contribution in [0.2, 0.25) is 0 Å². The number of hydrogen-bond donors (Lipinski definition) is 1. The zero-order valence-electron chi connectivity index (χ0n) is 11.1. The Balaban J connectivity index is 1.43. The second-order valence-electron chi connectivity index (χ2n) is 5.74. The molecule has 1 aromatic heterocycles. The molecule has 1 fully saturated rings. The van der Waals surface area contributed by atoms with Crippen LogP contribution >= 0.6 is 0 Å². The molecule has 1 heterocycles. The van der Waals surface area contributed by atoms with Crippen molar-refractivity contribution in [2.24, 2.45) is 0 Å². The van der Waals surface area contributed by atoms with Crippen molar-refractivity contribution in [3.63, 3.8) is 0 Å². The summed E-state index contributed by atoms with van der Waals surface area (Å²) in [5.41, 5.74) is 3.07. The van der Waals surface area contributed by atoms with Crippen LogP contribution in [0.25, 0.3) is 0 Å². The first kappa shape index (κ1) is 11.7. The molecule has 0 aliphatic heterocycles. The third-order valence-electron chi connectivity index (χ3n) is 4.13. The third kappa shape index (κ3) is 2.11. The van der Waals surface area contributed by atoms with E-state index in [1.165, 1.54) is 11.1 Å². The van der Waals surface area contributed by atoms with Crippen LogP contribution in [0.1, 0.15) is 46.1 Å². The maximum absolute atomic E-state index is 12.2. The standard InChI is InChI=1S/C16H16N2O2/c19-16(14-9-15(20-18-14)10-5-6-10)17-13-7-11-3-1-2-4-12(11)8-13/h1-4,9-10,13H,5-8H2,(H,17,19). The molecule has 4 heteroatoms. The lowest BCUT2D eigenvalue weighted by atomic mass is 10.1. The average molecular weight is 268 g/mol. The van der Waals surface area contributed by atoms with Crippen LogP contribution in [0.4, 0.5) is 0 Å². The number of aromatic nitrogens is 1. The number of amides is 1. The summed E-state index contributed by atoms with van der Waals surface area (Å²) in [5.74, 6) is 1.21. The fraction of sp³-hybridized carbons (Fsp3) is 0.375. The van der Waals surface area contributed by atoms with Gasteiger partial charge in [0.1, 0.15) is 5.76 Å². The number of carbonyl (C=O) groups excluding carboxylic acids is 1. The summed E-state index contributed by atoms with van der Waals surface area (Å²) >= 11 is 0. The lowest BCUT2D eigenvalue weighted by Crippen LogP contribution is -2.35. The van der Waals surface area contributed by atoms with E-state index in [1.807, 2.05) is 12.1 Å². The third-order valence-corrected chi connectivity index (χ3v) is 4.13. The minimum absolute atomic E-state index is 0.126. The minimum Gasteiger partial charge on any atom is -0.360 e. The number of benzene rings is 1. The van der Waals surface area contributed by atoms with Gasteiger partial charge in [-0.3, -0.25) is 4.79 Å². The molecule has 1 aromatic carbocycles. The Morgan fingerprint density at radius 3 is 2.55 bits per heavy atom. The normalized spacial score (nSPS) is 18.0. The van der Waals surface area contributed by atoms with Crippen LogP contribution < -0.4 is 5.32 Å². The van der Waals surface area contributed by atoms with E-state index < -0.39 is 0 Å². The molecular formula is C16H16N2O2. The topological polar surface area (TPSA) is 55.1 Å². The van der Waals surface area contributed by atoms with E-state index in [4.69, 9.17) is 4.52 Å². The maximum atomic E-state index is 12.2. The Kier molecular flexibility index (Phi) is 2.62. The zero-order chi connectivity index (χ0) is 13.5. The quantitative estimate of drug-likeness (QED) is 0.930. The molecule has 1 saturated carbocycles. The maximum Gasteiger partial charge on any atom is 0.273 e. The molecule has 2 aromatic rings. The Morgan fingerprint density at radius 1 is 1.20 bits per heavy atom. The fourth-order valence-corrected chi connectivity index (χ4v) is 2.88.